The van der Waals surface area contributed by atoms with Crippen molar-refractivity contribution in [3.8, 4) is 0 Å². The first kappa shape index (κ1) is 14.9. The number of hydrogen-bond donors (Lipinski definition) is 2. The smallest absolute Gasteiger partial charge is 0.328 e. The van der Waals surface area contributed by atoms with E-state index in [1.165, 1.54) is 17.4 Å². The maximum Gasteiger partial charge on any atom is 0.328 e. The van der Waals surface area contributed by atoms with Crippen LogP contribution in [-0.2, 0) is 4.79 Å². The van der Waals surface area contributed by atoms with Gasteiger partial charge in [0.2, 0.25) is 0 Å². The summed E-state index contributed by atoms with van der Waals surface area (Å²) in [5.41, 5.74) is 0.924. The predicted molar refractivity (Wildman–Crippen MR) is 81.1 cm³/mol. The van der Waals surface area contributed by atoms with Crippen molar-refractivity contribution in [1.29, 1.82) is 0 Å². The molecule has 1 amide bonds. The lowest BCUT2D eigenvalue weighted by atomic mass is 10.1. The monoisotopic (exact) mass is 302 g/mol. The maximum atomic E-state index is 12.1. The average molecular weight is 302 g/mol. The van der Waals surface area contributed by atoms with Crippen LogP contribution in [0.5, 0.6) is 0 Å². The number of rotatable bonds is 5. The summed E-state index contributed by atoms with van der Waals surface area (Å²) >= 11 is 1.24. The summed E-state index contributed by atoms with van der Waals surface area (Å²) in [5.74, 6) is -1.20. The van der Waals surface area contributed by atoms with Gasteiger partial charge in [0, 0.05) is 23.3 Å². The van der Waals surface area contributed by atoms with Crippen LogP contribution in [-0.4, -0.2) is 22.0 Å². The van der Waals surface area contributed by atoms with Gasteiger partial charge in [-0.25, -0.2) is 4.79 Å². The number of nitrogens with one attached hydrogen (secondary N) is 1. The van der Waals surface area contributed by atoms with Gasteiger partial charge < -0.3 is 10.4 Å². The van der Waals surface area contributed by atoms with Crippen molar-refractivity contribution in [3.63, 3.8) is 0 Å². The summed E-state index contributed by atoms with van der Waals surface area (Å²) in [5, 5.41) is 11.5. The Labute approximate surface area is 126 Å². The molecule has 2 heterocycles. The minimum Gasteiger partial charge on any atom is -0.478 e. The third-order valence-corrected chi connectivity index (χ3v) is 3.82. The van der Waals surface area contributed by atoms with Crippen LogP contribution in [0.1, 0.15) is 33.1 Å². The van der Waals surface area contributed by atoms with E-state index >= 15 is 0 Å². The van der Waals surface area contributed by atoms with Crippen molar-refractivity contribution in [2.45, 2.75) is 13.0 Å². The van der Waals surface area contributed by atoms with E-state index in [1.807, 2.05) is 19.1 Å². The van der Waals surface area contributed by atoms with Gasteiger partial charge in [0.15, 0.2) is 0 Å². The lowest BCUT2D eigenvalue weighted by Gasteiger charge is -2.12. The molecule has 0 bridgehead atoms. The normalized spacial score (nSPS) is 12.2. The van der Waals surface area contributed by atoms with Crippen molar-refractivity contribution in [3.05, 3.63) is 58.1 Å². The number of aromatic nitrogens is 1. The van der Waals surface area contributed by atoms with E-state index in [2.05, 4.69) is 10.3 Å². The van der Waals surface area contributed by atoms with Gasteiger partial charge in [-0.2, -0.15) is 0 Å². The Morgan fingerprint density at radius 3 is 2.86 bits per heavy atom. The van der Waals surface area contributed by atoms with Crippen molar-refractivity contribution < 1.29 is 14.7 Å². The number of pyridine rings is 1. The highest BCUT2D eigenvalue weighted by molar-refractivity contribution is 7.14. The van der Waals surface area contributed by atoms with Gasteiger partial charge in [-0.3, -0.25) is 9.78 Å². The first-order valence-electron chi connectivity index (χ1n) is 6.28. The van der Waals surface area contributed by atoms with Gasteiger partial charge in [0.25, 0.3) is 5.91 Å². The van der Waals surface area contributed by atoms with E-state index in [9.17, 15) is 9.59 Å². The van der Waals surface area contributed by atoms with Crippen molar-refractivity contribution in [2.75, 3.05) is 0 Å². The molecule has 21 heavy (non-hydrogen) atoms. The quantitative estimate of drug-likeness (QED) is 0.832. The molecule has 1 atom stereocenters. The number of amides is 1. The van der Waals surface area contributed by atoms with Gasteiger partial charge in [-0.05, 0) is 36.8 Å². The lowest BCUT2D eigenvalue weighted by molar-refractivity contribution is -0.131. The van der Waals surface area contributed by atoms with Crippen LogP contribution < -0.4 is 5.32 Å². The molecule has 0 saturated heterocycles. The molecule has 0 fully saturated rings. The zero-order chi connectivity index (χ0) is 15.2. The van der Waals surface area contributed by atoms with E-state index in [0.717, 1.165) is 16.5 Å². The van der Waals surface area contributed by atoms with Gasteiger partial charge in [0.1, 0.15) is 0 Å². The lowest BCUT2D eigenvalue weighted by Crippen LogP contribution is -2.25. The summed E-state index contributed by atoms with van der Waals surface area (Å²) in [4.78, 5) is 27.8. The van der Waals surface area contributed by atoms with E-state index in [-0.39, 0.29) is 11.9 Å². The third-order valence-electron chi connectivity index (χ3n) is 2.77. The number of carboxylic acid groups (broad SMARTS) is 1. The molecule has 6 heteroatoms. The molecule has 108 valence electrons. The summed E-state index contributed by atoms with van der Waals surface area (Å²) in [6.07, 6.45) is 5.90. The second-order valence-corrected chi connectivity index (χ2v) is 5.47. The van der Waals surface area contributed by atoms with Crippen LogP contribution in [0.4, 0.5) is 0 Å². The van der Waals surface area contributed by atoms with Crippen molar-refractivity contribution in [2.24, 2.45) is 0 Å². The molecule has 5 nitrogen and oxygen atoms in total. The highest BCUT2D eigenvalue weighted by Crippen LogP contribution is 2.19. The predicted octanol–water partition coefficient (Wildman–Crippen LogP) is 2.73. The number of carbonyl (C=O) groups is 2. The van der Waals surface area contributed by atoms with E-state index < -0.39 is 5.97 Å². The molecule has 2 aromatic rings. The van der Waals surface area contributed by atoms with E-state index in [4.69, 9.17) is 5.11 Å². The van der Waals surface area contributed by atoms with Crippen LogP contribution in [0.2, 0.25) is 0 Å². The second-order valence-electron chi connectivity index (χ2n) is 4.36. The molecule has 0 aromatic carbocycles. The molecule has 2 rings (SSSR count). The molecule has 2 N–H and O–H groups in total. The number of aliphatic carboxylic acids is 1. The van der Waals surface area contributed by atoms with Gasteiger partial charge in [-0.15, -0.1) is 11.3 Å². The Hall–Kier alpha value is -2.47. The summed E-state index contributed by atoms with van der Waals surface area (Å²) in [6, 6.07) is 6.96. The fourth-order valence-electron chi connectivity index (χ4n) is 1.70. The largest absolute Gasteiger partial charge is 0.478 e. The molecule has 0 aliphatic rings. The number of thiophene rings is 1. The van der Waals surface area contributed by atoms with Crippen LogP contribution in [0, 0.1) is 0 Å². The summed E-state index contributed by atoms with van der Waals surface area (Å²) < 4.78 is 0. The Morgan fingerprint density at radius 1 is 1.38 bits per heavy atom. The molecule has 1 unspecified atom stereocenters. The Bertz CT molecular complexity index is 665. The van der Waals surface area contributed by atoms with Gasteiger partial charge >= 0.3 is 5.97 Å². The SMILES string of the molecule is CC(NC(=O)c1ccc(C=CC(=O)O)s1)c1cccnc1. The first-order chi connectivity index (χ1) is 10.1. The molecule has 0 aliphatic heterocycles. The minimum absolute atomic E-state index is 0.147. The van der Waals surface area contributed by atoms with E-state index in [1.54, 1.807) is 24.5 Å². The number of nitrogens with zero attached hydrogens (tertiary/aromatic N) is 1. The fraction of sp³-hybridized carbons (Fsp3) is 0.133. The average Bonchev–Trinajstić information content (AvgIpc) is 2.95. The van der Waals surface area contributed by atoms with Crippen LogP contribution in [0.3, 0.4) is 0 Å². The van der Waals surface area contributed by atoms with Crippen molar-refractivity contribution in [1.82, 2.24) is 10.3 Å². The van der Waals surface area contributed by atoms with Crippen LogP contribution in [0.15, 0.2) is 42.7 Å². The Kier molecular flexibility index (Phi) is 4.84. The Balaban J connectivity index is 2.02. The molecular formula is C15H14N2O3S. The number of hydrogen-bond acceptors (Lipinski definition) is 4. The molecular weight excluding hydrogens is 288 g/mol. The topological polar surface area (TPSA) is 79.3 Å². The summed E-state index contributed by atoms with van der Waals surface area (Å²) in [7, 11) is 0. The molecule has 0 spiro atoms. The molecule has 0 aliphatic carbocycles. The second kappa shape index (κ2) is 6.81. The number of carboxylic acids is 1. The van der Waals surface area contributed by atoms with Crippen LogP contribution in [0.25, 0.3) is 6.08 Å². The zero-order valence-corrected chi connectivity index (χ0v) is 12.1. The molecule has 0 saturated carbocycles. The fourth-order valence-corrected chi connectivity index (χ4v) is 2.51. The highest BCUT2D eigenvalue weighted by Gasteiger charge is 2.13. The maximum absolute atomic E-state index is 12.1. The van der Waals surface area contributed by atoms with Gasteiger partial charge in [-0.1, -0.05) is 6.07 Å². The third kappa shape index (κ3) is 4.25. The van der Waals surface area contributed by atoms with Crippen molar-refractivity contribution >= 4 is 29.3 Å². The minimum atomic E-state index is -1.01. The summed E-state index contributed by atoms with van der Waals surface area (Å²) in [6.45, 7) is 1.88. The first-order valence-corrected chi connectivity index (χ1v) is 7.09. The highest BCUT2D eigenvalue weighted by atomic mass is 32.1. The van der Waals surface area contributed by atoms with E-state index in [0.29, 0.717) is 4.88 Å². The molecule has 2 aromatic heterocycles. The van der Waals surface area contributed by atoms with Gasteiger partial charge in [0.05, 0.1) is 10.9 Å². The molecule has 0 radical (unpaired) electrons. The standard InChI is InChI=1S/C15H14N2O3S/c1-10(11-3-2-8-16-9-11)17-15(20)13-6-4-12(21-13)5-7-14(18)19/h2-10H,1H3,(H,17,20)(H,18,19). The van der Waals surface area contributed by atoms with Crippen LogP contribution >= 0.6 is 11.3 Å². The zero-order valence-electron chi connectivity index (χ0n) is 11.3. The number of carbonyl (C=O) groups excluding carboxylic acids is 1. The Morgan fingerprint density at radius 2 is 2.19 bits per heavy atom.